The van der Waals surface area contributed by atoms with Crippen molar-refractivity contribution in [2.24, 2.45) is 0 Å². The second-order valence-electron chi connectivity index (χ2n) is 4.63. The van der Waals surface area contributed by atoms with E-state index in [1.54, 1.807) is 0 Å². The molecule has 0 spiro atoms. The molecule has 0 unspecified atom stereocenters. The van der Waals surface area contributed by atoms with Crippen molar-refractivity contribution in [3.8, 4) is 5.69 Å². The molecule has 0 saturated carbocycles. The maximum Gasteiger partial charge on any atom is 0.115 e. The van der Waals surface area contributed by atoms with Gasteiger partial charge < -0.3 is 0 Å². The summed E-state index contributed by atoms with van der Waals surface area (Å²) in [4.78, 5) is 4.70. The number of aromatic nitrogens is 2. The molecule has 0 N–H and O–H groups in total. The fraction of sp³-hybridized carbons (Fsp3) is 0.188. The van der Waals surface area contributed by atoms with Crippen molar-refractivity contribution >= 4 is 22.6 Å². The third kappa shape index (κ3) is 2.24. The highest BCUT2D eigenvalue weighted by Crippen LogP contribution is 2.23. The third-order valence-corrected chi connectivity index (χ3v) is 3.40. The first-order valence-electron chi connectivity index (χ1n) is 6.39. The van der Waals surface area contributed by atoms with Crippen LogP contribution >= 0.6 is 11.6 Å². The summed E-state index contributed by atoms with van der Waals surface area (Å²) >= 11 is 5.90. The molecule has 0 fully saturated rings. The molecule has 3 rings (SSSR count). The molecule has 0 atom stereocenters. The van der Waals surface area contributed by atoms with E-state index in [2.05, 4.69) is 41.8 Å². The monoisotopic (exact) mass is 270 g/mol. The summed E-state index contributed by atoms with van der Waals surface area (Å²) in [7, 11) is 0. The highest BCUT2D eigenvalue weighted by molar-refractivity contribution is 6.17. The molecule has 1 aromatic heterocycles. The summed E-state index contributed by atoms with van der Waals surface area (Å²) in [6.07, 6.45) is 0.768. The molecular weight excluding hydrogens is 256 g/mol. The number of hydrogen-bond acceptors (Lipinski definition) is 1. The predicted octanol–water partition coefficient (Wildman–Crippen LogP) is 4.12. The van der Waals surface area contributed by atoms with Gasteiger partial charge in [-0.3, -0.25) is 4.57 Å². The van der Waals surface area contributed by atoms with E-state index < -0.39 is 0 Å². The number of alkyl halides is 1. The van der Waals surface area contributed by atoms with Gasteiger partial charge in [-0.25, -0.2) is 4.98 Å². The van der Waals surface area contributed by atoms with Gasteiger partial charge in [0.1, 0.15) is 5.82 Å². The lowest BCUT2D eigenvalue weighted by Crippen LogP contribution is -2.01. The molecule has 0 aliphatic heterocycles. The highest BCUT2D eigenvalue weighted by atomic mass is 35.5. The molecule has 3 aromatic rings. The minimum Gasteiger partial charge on any atom is -0.296 e. The summed E-state index contributed by atoms with van der Waals surface area (Å²) in [6.45, 7) is 2.10. The van der Waals surface area contributed by atoms with Crippen LogP contribution in [0, 0.1) is 6.92 Å². The Bertz CT molecular complexity index is 701. The van der Waals surface area contributed by atoms with E-state index in [0.717, 1.165) is 29.0 Å². The number of fused-ring (bicyclic) bond motifs is 1. The topological polar surface area (TPSA) is 17.8 Å². The minimum absolute atomic E-state index is 0.579. The van der Waals surface area contributed by atoms with E-state index in [0.29, 0.717) is 5.88 Å². The van der Waals surface area contributed by atoms with E-state index in [9.17, 15) is 0 Å². The Morgan fingerprint density at radius 3 is 2.63 bits per heavy atom. The number of rotatable bonds is 3. The number of benzene rings is 2. The van der Waals surface area contributed by atoms with Gasteiger partial charge >= 0.3 is 0 Å². The lowest BCUT2D eigenvalue weighted by Gasteiger charge is -2.08. The smallest absolute Gasteiger partial charge is 0.115 e. The first-order valence-corrected chi connectivity index (χ1v) is 6.92. The van der Waals surface area contributed by atoms with Crippen LogP contribution in [0.25, 0.3) is 16.7 Å². The first-order chi connectivity index (χ1) is 9.29. The molecule has 0 saturated heterocycles. The molecule has 1 heterocycles. The molecule has 0 radical (unpaired) electrons. The van der Waals surface area contributed by atoms with Gasteiger partial charge in [0.25, 0.3) is 0 Å². The molecule has 0 bridgehead atoms. The van der Waals surface area contributed by atoms with E-state index >= 15 is 0 Å². The van der Waals surface area contributed by atoms with Crippen LogP contribution in [0.3, 0.4) is 0 Å². The Morgan fingerprint density at radius 2 is 1.89 bits per heavy atom. The zero-order valence-corrected chi connectivity index (χ0v) is 11.6. The van der Waals surface area contributed by atoms with Gasteiger partial charge in [0.05, 0.1) is 11.0 Å². The lowest BCUT2D eigenvalue weighted by atomic mass is 10.2. The van der Waals surface area contributed by atoms with Crippen molar-refractivity contribution in [2.45, 2.75) is 13.3 Å². The van der Waals surface area contributed by atoms with Crippen LogP contribution in [-0.2, 0) is 6.42 Å². The Hall–Kier alpha value is -1.80. The van der Waals surface area contributed by atoms with Crippen molar-refractivity contribution in [1.29, 1.82) is 0 Å². The summed E-state index contributed by atoms with van der Waals surface area (Å²) in [5, 5.41) is 0. The average Bonchev–Trinajstić information content (AvgIpc) is 2.77. The van der Waals surface area contributed by atoms with Crippen LogP contribution in [0.1, 0.15) is 11.4 Å². The Labute approximate surface area is 117 Å². The number of imidazole rings is 1. The number of para-hydroxylation sites is 1. The van der Waals surface area contributed by atoms with Gasteiger partial charge in [0.15, 0.2) is 0 Å². The molecule has 0 aliphatic rings. The average molecular weight is 271 g/mol. The number of hydrogen-bond donors (Lipinski definition) is 0. The van der Waals surface area contributed by atoms with E-state index in [-0.39, 0.29) is 0 Å². The van der Waals surface area contributed by atoms with Gasteiger partial charge in [-0.2, -0.15) is 0 Å². The molecule has 3 heteroatoms. The Morgan fingerprint density at radius 1 is 1.11 bits per heavy atom. The van der Waals surface area contributed by atoms with Crippen LogP contribution in [0.5, 0.6) is 0 Å². The molecule has 0 aliphatic carbocycles. The molecule has 2 aromatic carbocycles. The molecule has 19 heavy (non-hydrogen) atoms. The van der Waals surface area contributed by atoms with Crippen LogP contribution in [0.15, 0.2) is 48.5 Å². The summed E-state index contributed by atoms with van der Waals surface area (Å²) < 4.78 is 2.20. The molecule has 0 amide bonds. The van der Waals surface area contributed by atoms with Gasteiger partial charge in [0, 0.05) is 18.0 Å². The minimum atomic E-state index is 0.579. The van der Waals surface area contributed by atoms with Crippen molar-refractivity contribution in [1.82, 2.24) is 9.55 Å². The summed E-state index contributed by atoms with van der Waals surface area (Å²) in [5.41, 5.74) is 4.54. The maximum atomic E-state index is 5.90. The van der Waals surface area contributed by atoms with Crippen molar-refractivity contribution in [2.75, 3.05) is 5.88 Å². The molecular formula is C16H15ClN2. The summed E-state index contributed by atoms with van der Waals surface area (Å²) in [6, 6.07) is 16.6. The van der Waals surface area contributed by atoms with E-state index in [1.807, 2.05) is 18.2 Å². The zero-order valence-electron chi connectivity index (χ0n) is 10.8. The lowest BCUT2D eigenvalue weighted by molar-refractivity contribution is 0.912. The molecule has 2 nitrogen and oxygen atoms in total. The van der Waals surface area contributed by atoms with Crippen molar-refractivity contribution in [3.05, 3.63) is 59.9 Å². The van der Waals surface area contributed by atoms with Crippen molar-refractivity contribution in [3.63, 3.8) is 0 Å². The number of halogens is 1. The van der Waals surface area contributed by atoms with Crippen LogP contribution in [0.2, 0.25) is 0 Å². The Balaban J connectivity index is 2.30. The van der Waals surface area contributed by atoms with Crippen LogP contribution < -0.4 is 0 Å². The van der Waals surface area contributed by atoms with Crippen molar-refractivity contribution < 1.29 is 0 Å². The fourth-order valence-corrected chi connectivity index (χ4v) is 2.52. The number of nitrogens with zero attached hydrogens (tertiary/aromatic N) is 2. The van der Waals surface area contributed by atoms with Gasteiger partial charge in [-0.1, -0.05) is 24.3 Å². The molecule has 96 valence electrons. The second kappa shape index (κ2) is 5.06. The normalized spacial score (nSPS) is 11.1. The maximum absolute atomic E-state index is 5.90. The quantitative estimate of drug-likeness (QED) is 0.655. The van der Waals surface area contributed by atoms with Crippen LogP contribution in [-0.4, -0.2) is 15.4 Å². The number of aryl methyl sites for hydroxylation is 2. The highest BCUT2D eigenvalue weighted by Gasteiger charge is 2.11. The standard InChI is InChI=1S/C16H15ClN2/c1-12-7-8-14-15(11-12)19(16(18-14)9-10-17)13-5-3-2-4-6-13/h2-8,11H,9-10H2,1H3. The van der Waals surface area contributed by atoms with E-state index in [4.69, 9.17) is 16.6 Å². The first kappa shape index (κ1) is 12.2. The van der Waals surface area contributed by atoms with Gasteiger partial charge in [0.2, 0.25) is 0 Å². The van der Waals surface area contributed by atoms with Gasteiger partial charge in [-0.05, 0) is 36.8 Å². The SMILES string of the molecule is Cc1ccc2nc(CCCl)n(-c3ccccc3)c2c1. The fourth-order valence-electron chi connectivity index (χ4n) is 2.35. The zero-order chi connectivity index (χ0) is 13.2. The predicted molar refractivity (Wildman–Crippen MR) is 80.2 cm³/mol. The Kier molecular flexibility index (Phi) is 3.26. The third-order valence-electron chi connectivity index (χ3n) is 3.21. The largest absolute Gasteiger partial charge is 0.296 e. The van der Waals surface area contributed by atoms with Crippen LogP contribution in [0.4, 0.5) is 0 Å². The summed E-state index contributed by atoms with van der Waals surface area (Å²) in [5.74, 6) is 1.59. The second-order valence-corrected chi connectivity index (χ2v) is 5.01. The van der Waals surface area contributed by atoms with Gasteiger partial charge in [-0.15, -0.1) is 11.6 Å². The van der Waals surface area contributed by atoms with E-state index in [1.165, 1.54) is 5.56 Å².